The molecule has 3 heteroatoms. The van der Waals surface area contributed by atoms with Gasteiger partial charge in [0.1, 0.15) is 0 Å². The summed E-state index contributed by atoms with van der Waals surface area (Å²) in [7, 11) is 0. The Bertz CT molecular complexity index is 525. The van der Waals surface area contributed by atoms with Crippen molar-refractivity contribution >= 4 is 39.9 Å². The molecule has 0 aliphatic rings. The predicted molar refractivity (Wildman–Crippen MR) is 82.7 cm³/mol. The Hall–Kier alpha value is -0.740. The summed E-state index contributed by atoms with van der Waals surface area (Å²) in [6.07, 6.45) is 0. The molecule has 0 unspecified atom stereocenters. The number of halogens is 2. The molecule has 0 aliphatic heterocycles. The molecule has 0 aliphatic carbocycles. The maximum absolute atomic E-state index is 6.11. The number of aryl methyl sites for hydroxylation is 1. The van der Waals surface area contributed by atoms with Crippen molar-refractivity contribution in [3.05, 3.63) is 62.2 Å². The van der Waals surface area contributed by atoms with E-state index in [1.165, 1.54) is 9.13 Å². The van der Waals surface area contributed by atoms with Crippen molar-refractivity contribution in [2.45, 2.75) is 13.5 Å². The average molecular weight is 358 g/mol. The number of hydrogen-bond acceptors (Lipinski definition) is 1. The van der Waals surface area contributed by atoms with Crippen LogP contribution < -0.4 is 5.32 Å². The summed E-state index contributed by atoms with van der Waals surface area (Å²) in [4.78, 5) is 0. The Morgan fingerprint density at radius 1 is 1.18 bits per heavy atom. The normalized spacial score (nSPS) is 10.3. The zero-order valence-corrected chi connectivity index (χ0v) is 12.4. The molecule has 0 atom stereocenters. The smallest absolute Gasteiger partial charge is 0.0455 e. The molecule has 0 heterocycles. The Kier molecular flexibility index (Phi) is 4.29. The first-order chi connectivity index (χ1) is 8.16. The van der Waals surface area contributed by atoms with Gasteiger partial charge in [-0.1, -0.05) is 29.8 Å². The van der Waals surface area contributed by atoms with Gasteiger partial charge in [0.25, 0.3) is 0 Å². The van der Waals surface area contributed by atoms with E-state index in [0.717, 1.165) is 22.8 Å². The van der Waals surface area contributed by atoms with Crippen molar-refractivity contribution in [1.82, 2.24) is 0 Å². The minimum atomic E-state index is 0.751. The molecule has 1 N–H and O–H groups in total. The van der Waals surface area contributed by atoms with E-state index in [1.807, 2.05) is 24.3 Å². The molecule has 2 rings (SSSR count). The molecule has 88 valence electrons. The SMILES string of the molecule is Cc1cc(I)ccc1NCc1ccccc1Cl. The zero-order chi connectivity index (χ0) is 12.3. The molecule has 0 radical (unpaired) electrons. The van der Waals surface area contributed by atoms with Gasteiger partial charge in [-0.2, -0.15) is 0 Å². The van der Waals surface area contributed by atoms with Crippen molar-refractivity contribution in [2.24, 2.45) is 0 Å². The molecule has 0 saturated carbocycles. The first-order valence-electron chi connectivity index (χ1n) is 5.40. The minimum Gasteiger partial charge on any atom is -0.381 e. The summed E-state index contributed by atoms with van der Waals surface area (Å²) in [6, 6.07) is 14.3. The van der Waals surface area contributed by atoms with Crippen molar-refractivity contribution in [1.29, 1.82) is 0 Å². The third-order valence-electron chi connectivity index (χ3n) is 2.62. The van der Waals surface area contributed by atoms with Gasteiger partial charge in [-0.3, -0.25) is 0 Å². The molecule has 17 heavy (non-hydrogen) atoms. The van der Waals surface area contributed by atoms with Gasteiger partial charge in [0.05, 0.1) is 0 Å². The summed E-state index contributed by atoms with van der Waals surface area (Å²) >= 11 is 8.43. The molecule has 0 bridgehead atoms. The quantitative estimate of drug-likeness (QED) is 0.773. The average Bonchev–Trinajstić information content (AvgIpc) is 2.30. The summed E-state index contributed by atoms with van der Waals surface area (Å²) in [5, 5.41) is 4.22. The number of hydrogen-bond donors (Lipinski definition) is 1. The highest BCUT2D eigenvalue weighted by Gasteiger charge is 2.01. The van der Waals surface area contributed by atoms with E-state index in [2.05, 4.69) is 53.0 Å². The van der Waals surface area contributed by atoms with Crippen LogP contribution in [0, 0.1) is 10.5 Å². The standard InChI is InChI=1S/C14H13ClIN/c1-10-8-12(16)6-7-14(10)17-9-11-4-2-3-5-13(11)15/h2-8,17H,9H2,1H3. The number of benzene rings is 2. The number of rotatable bonds is 3. The van der Waals surface area contributed by atoms with Crippen LogP contribution in [0.3, 0.4) is 0 Å². The van der Waals surface area contributed by atoms with Crippen LogP contribution in [0.1, 0.15) is 11.1 Å². The fourth-order valence-corrected chi connectivity index (χ4v) is 2.51. The first-order valence-corrected chi connectivity index (χ1v) is 6.86. The van der Waals surface area contributed by atoms with Gasteiger partial charge in [0.2, 0.25) is 0 Å². The van der Waals surface area contributed by atoms with Crippen LogP contribution in [0.2, 0.25) is 5.02 Å². The van der Waals surface area contributed by atoms with Gasteiger partial charge < -0.3 is 5.32 Å². The fourth-order valence-electron chi connectivity index (χ4n) is 1.66. The van der Waals surface area contributed by atoms with Crippen LogP contribution in [-0.2, 0) is 6.54 Å². The maximum Gasteiger partial charge on any atom is 0.0455 e. The second-order valence-corrected chi connectivity index (χ2v) is 5.56. The Labute approximate surface area is 120 Å². The highest BCUT2D eigenvalue weighted by molar-refractivity contribution is 14.1. The van der Waals surface area contributed by atoms with Crippen LogP contribution in [0.15, 0.2) is 42.5 Å². The maximum atomic E-state index is 6.11. The molecule has 0 spiro atoms. The lowest BCUT2D eigenvalue weighted by Crippen LogP contribution is -2.01. The van der Waals surface area contributed by atoms with Crippen LogP contribution in [-0.4, -0.2) is 0 Å². The zero-order valence-electron chi connectivity index (χ0n) is 9.50. The Balaban J connectivity index is 2.10. The second kappa shape index (κ2) is 5.74. The van der Waals surface area contributed by atoms with Gasteiger partial charge >= 0.3 is 0 Å². The second-order valence-electron chi connectivity index (χ2n) is 3.90. The molecule has 2 aromatic carbocycles. The summed E-state index contributed by atoms with van der Waals surface area (Å²) in [5.74, 6) is 0. The predicted octanol–water partition coefficient (Wildman–Crippen LogP) is 4.87. The van der Waals surface area contributed by atoms with E-state index in [1.54, 1.807) is 0 Å². The van der Waals surface area contributed by atoms with Crippen molar-refractivity contribution < 1.29 is 0 Å². The lowest BCUT2D eigenvalue weighted by molar-refractivity contribution is 1.14. The molecule has 2 aromatic rings. The van der Waals surface area contributed by atoms with E-state index < -0.39 is 0 Å². The summed E-state index contributed by atoms with van der Waals surface area (Å²) < 4.78 is 1.25. The van der Waals surface area contributed by atoms with E-state index in [0.29, 0.717) is 0 Å². The molecular weight excluding hydrogens is 345 g/mol. The van der Waals surface area contributed by atoms with Crippen molar-refractivity contribution in [3.8, 4) is 0 Å². The van der Waals surface area contributed by atoms with Crippen LogP contribution in [0.25, 0.3) is 0 Å². The van der Waals surface area contributed by atoms with E-state index in [4.69, 9.17) is 11.6 Å². The minimum absolute atomic E-state index is 0.751. The van der Waals surface area contributed by atoms with Gasteiger partial charge in [-0.05, 0) is 64.9 Å². The van der Waals surface area contributed by atoms with Gasteiger partial charge in [-0.15, -0.1) is 0 Å². The van der Waals surface area contributed by atoms with Crippen LogP contribution in [0.5, 0.6) is 0 Å². The summed E-state index contributed by atoms with van der Waals surface area (Å²) in [6.45, 7) is 2.86. The highest BCUT2D eigenvalue weighted by Crippen LogP contribution is 2.20. The lowest BCUT2D eigenvalue weighted by Gasteiger charge is -2.10. The molecular formula is C14H13ClIN. The highest BCUT2D eigenvalue weighted by atomic mass is 127. The number of nitrogens with one attached hydrogen (secondary N) is 1. The van der Waals surface area contributed by atoms with E-state index in [-0.39, 0.29) is 0 Å². The first kappa shape index (κ1) is 12.7. The third-order valence-corrected chi connectivity index (χ3v) is 3.66. The Morgan fingerprint density at radius 3 is 2.65 bits per heavy atom. The monoisotopic (exact) mass is 357 g/mol. The topological polar surface area (TPSA) is 12.0 Å². The van der Waals surface area contributed by atoms with E-state index in [9.17, 15) is 0 Å². The van der Waals surface area contributed by atoms with Gasteiger partial charge in [0.15, 0.2) is 0 Å². The van der Waals surface area contributed by atoms with E-state index >= 15 is 0 Å². The molecule has 1 nitrogen and oxygen atoms in total. The van der Waals surface area contributed by atoms with Crippen molar-refractivity contribution in [2.75, 3.05) is 5.32 Å². The number of anilines is 1. The largest absolute Gasteiger partial charge is 0.381 e. The molecule has 0 amide bonds. The van der Waals surface area contributed by atoms with Crippen LogP contribution >= 0.6 is 34.2 Å². The third kappa shape index (κ3) is 3.36. The molecule has 0 fully saturated rings. The van der Waals surface area contributed by atoms with Gasteiger partial charge in [-0.25, -0.2) is 0 Å². The fraction of sp³-hybridized carbons (Fsp3) is 0.143. The van der Waals surface area contributed by atoms with Crippen molar-refractivity contribution in [3.63, 3.8) is 0 Å². The molecule has 0 aromatic heterocycles. The lowest BCUT2D eigenvalue weighted by atomic mass is 10.2. The molecule has 0 saturated heterocycles. The summed E-state index contributed by atoms with van der Waals surface area (Å²) in [5.41, 5.74) is 3.53. The van der Waals surface area contributed by atoms with Gasteiger partial charge in [0, 0.05) is 20.8 Å². The Morgan fingerprint density at radius 2 is 1.94 bits per heavy atom. The van der Waals surface area contributed by atoms with Crippen LogP contribution in [0.4, 0.5) is 5.69 Å².